The molecule has 0 unspecified atom stereocenters. The Bertz CT molecular complexity index is 906. The van der Waals surface area contributed by atoms with Crippen LogP contribution in [0, 0.1) is 0 Å². The maximum absolute atomic E-state index is 11.3. The first-order valence-electron chi connectivity index (χ1n) is 8.87. The van der Waals surface area contributed by atoms with E-state index in [-0.39, 0.29) is 5.56 Å². The van der Waals surface area contributed by atoms with Crippen molar-refractivity contribution >= 4 is 10.8 Å². The van der Waals surface area contributed by atoms with Gasteiger partial charge in [-0.15, -0.1) is 0 Å². The zero-order valence-electron chi connectivity index (χ0n) is 14.2. The van der Waals surface area contributed by atoms with Crippen LogP contribution in [0.2, 0.25) is 0 Å². The predicted octanol–water partition coefficient (Wildman–Crippen LogP) is 3.67. The normalized spacial score (nSPS) is 14.9. The molecular formula is C21H22N2O2. The molecule has 0 atom stereocenters. The molecular weight excluding hydrogens is 312 g/mol. The molecule has 1 aliphatic heterocycles. The van der Waals surface area contributed by atoms with Gasteiger partial charge in [-0.2, -0.15) is 0 Å². The number of ether oxygens (including phenoxy) is 1. The first kappa shape index (κ1) is 15.9. The third kappa shape index (κ3) is 3.44. The largest absolute Gasteiger partial charge is 0.492 e. The Morgan fingerprint density at radius 3 is 2.52 bits per heavy atom. The summed E-state index contributed by atoms with van der Waals surface area (Å²) in [5.74, 6) is 0.919. The average molecular weight is 334 g/mol. The van der Waals surface area contributed by atoms with Crippen LogP contribution in [0.25, 0.3) is 21.9 Å². The summed E-state index contributed by atoms with van der Waals surface area (Å²) in [7, 11) is 0. The van der Waals surface area contributed by atoms with Gasteiger partial charge in [0.05, 0.1) is 0 Å². The summed E-state index contributed by atoms with van der Waals surface area (Å²) in [6.45, 7) is 4.07. The van der Waals surface area contributed by atoms with Crippen LogP contribution in [0.5, 0.6) is 5.75 Å². The molecule has 0 aliphatic carbocycles. The van der Waals surface area contributed by atoms with Gasteiger partial charge in [0.1, 0.15) is 12.4 Å². The van der Waals surface area contributed by atoms with Crippen LogP contribution >= 0.6 is 0 Å². The smallest absolute Gasteiger partial charge is 0.247 e. The number of rotatable bonds is 5. The molecule has 4 heteroatoms. The number of aromatic amines is 1. The van der Waals surface area contributed by atoms with Gasteiger partial charge < -0.3 is 9.72 Å². The molecule has 4 rings (SSSR count). The number of likely N-dealkylation sites (tertiary alicyclic amines) is 1. The maximum atomic E-state index is 11.3. The number of pyridine rings is 1. The van der Waals surface area contributed by atoms with Gasteiger partial charge in [-0.3, -0.25) is 9.69 Å². The topological polar surface area (TPSA) is 45.3 Å². The van der Waals surface area contributed by atoms with E-state index < -0.39 is 0 Å². The molecule has 1 saturated heterocycles. The van der Waals surface area contributed by atoms with E-state index in [4.69, 9.17) is 4.74 Å². The summed E-state index contributed by atoms with van der Waals surface area (Å²) in [4.78, 5) is 16.5. The molecule has 128 valence electrons. The van der Waals surface area contributed by atoms with E-state index in [2.05, 4.69) is 28.1 Å². The number of H-pyrrole nitrogens is 1. The minimum atomic E-state index is -0.0880. The molecule has 2 heterocycles. The second-order valence-corrected chi connectivity index (χ2v) is 6.50. The Balaban J connectivity index is 1.62. The molecule has 1 aliphatic rings. The number of hydrogen-bond acceptors (Lipinski definition) is 3. The van der Waals surface area contributed by atoms with Gasteiger partial charge in [-0.1, -0.05) is 24.3 Å². The maximum Gasteiger partial charge on any atom is 0.247 e. The highest BCUT2D eigenvalue weighted by Crippen LogP contribution is 2.34. The van der Waals surface area contributed by atoms with Crippen LogP contribution in [-0.2, 0) is 0 Å². The minimum Gasteiger partial charge on any atom is -0.492 e. The quantitative estimate of drug-likeness (QED) is 0.774. The van der Waals surface area contributed by atoms with Crippen LogP contribution < -0.4 is 10.3 Å². The van der Waals surface area contributed by atoms with Gasteiger partial charge in [0.15, 0.2) is 0 Å². The summed E-state index contributed by atoms with van der Waals surface area (Å²) in [5, 5.41) is 2.24. The zero-order chi connectivity index (χ0) is 17.1. The third-order valence-electron chi connectivity index (χ3n) is 4.84. The van der Waals surface area contributed by atoms with E-state index in [1.54, 1.807) is 12.3 Å². The summed E-state index contributed by atoms with van der Waals surface area (Å²) >= 11 is 0. The molecule has 0 bridgehead atoms. The number of nitrogens with zero attached hydrogens (tertiary/aromatic N) is 1. The molecule has 1 fully saturated rings. The second-order valence-electron chi connectivity index (χ2n) is 6.50. The van der Waals surface area contributed by atoms with Gasteiger partial charge in [0.2, 0.25) is 5.56 Å². The fourth-order valence-electron chi connectivity index (χ4n) is 3.52. The molecule has 1 N–H and O–H groups in total. The molecule has 4 nitrogen and oxygen atoms in total. The standard InChI is InChI=1S/C21H22N2O2/c24-21-10-7-16(15-22-21)17-8-9-20(19-6-2-1-5-18(17)19)25-14-13-23-11-3-4-12-23/h1-2,5-10,15H,3-4,11-14H2,(H,22,24). The summed E-state index contributed by atoms with van der Waals surface area (Å²) in [6.07, 6.45) is 4.37. The van der Waals surface area contributed by atoms with Crippen molar-refractivity contribution < 1.29 is 4.74 Å². The Morgan fingerprint density at radius 1 is 0.960 bits per heavy atom. The van der Waals surface area contributed by atoms with Gasteiger partial charge in [-0.05, 0) is 60.6 Å². The highest BCUT2D eigenvalue weighted by Gasteiger charge is 2.12. The molecule has 0 radical (unpaired) electrons. The number of fused-ring (bicyclic) bond motifs is 1. The molecule has 1 aromatic heterocycles. The fraction of sp³-hybridized carbons (Fsp3) is 0.286. The van der Waals surface area contributed by atoms with Crippen molar-refractivity contribution in [3.05, 3.63) is 65.1 Å². The van der Waals surface area contributed by atoms with Crippen molar-refractivity contribution in [1.29, 1.82) is 0 Å². The minimum absolute atomic E-state index is 0.0880. The van der Waals surface area contributed by atoms with Crippen molar-refractivity contribution in [1.82, 2.24) is 9.88 Å². The molecule has 3 aromatic rings. The van der Waals surface area contributed by atoms with E-state index in [0.717, 1.165) is 34.2 Å². The van der Waals surface area contributed by atoms with Crippen molar-refractivity contribution in [2.75, 3.05) is 26.2 Å². The van der Waals surface area contributed by atoms with Gasteiger partial charge in [-0.25, -0.2) is 0 Å². The van der Waals surface area contributed by atoms with E-state index >= 15 is 0 Å². The molecule has 25 heavy (non-hydrogen) atoms. The Hall–Kier alpha value is -2.59. The second kappa shape index (κ2) is 7.11. The lowest BCUT2D eigenvalue weighted by molar-refractivity contribution is 0.239. The fourth-order valence-corrected chi connectivity index (χ4v) is 3.52. The monoisotopic (exact) mass is 334 g/mol. The van der Waals surface area contributed by atoms with Crippen molar-refractivity contribution in [3.8, 4) is 16.9 Å². The van der Waals surface area contributed by atoms with Crippen LogP contribution in [0.15, 0.2) is 59.5 Å². The Kier molecular flexibility index (Phi) is 4.53. The van der Waals surface area contributed by atoms with E-state index in [0.29, 0.717) is 6.61 Å². The van der Waals surface area contributed by atoms with E-state index in [1.165, 1.54) is 25.9 Å². The molecule has 0 amide bonds. The first-order chi connectivity index (χ1) is 12.3. The molecule has 0 saturated carbocycles. The summed E-state index contributed by atoms with van der Waals surface area (Å²) in [5.41, 5.74) is 2.01. The lowest BCUT2D eigenvalue weighted by Crippen LogP contribution is -2.25. The summed E-state index contributed by atoms with van der Waals surface area (Å²) in [6, 6.07) is 15.8. The van der Waals surface area contributed by atoms with E-state index in [1.807, 2.05) is 24.3 Å². The van der Waals surface area contributed by atoms with E-state index in [9.17, 15) is 4.79 Å². The lowest BCUT2D eigenvalue weighted by Gasteiger charge is -2.16. The van der Waals surface area contributed by atoms with Gasteiger partial charge in [0, 0.05) is 24.2 Å². The highest BCUT2D eigenvalue weighted by atomic mass is 16.5. The van der Waals surface area contributed by atoms with Crippen LogP contribution in [0.1, 0.15) is 12.8 Å². The number of benzene rings is 2. The lowest BCUT2D eigenvalue weighted by atomic mass is 9.99. The predicted molar refractivity (Wildman–Crippen MR) is 101 cm³/mol. The van der Waals surface area contributed by atoms with Crippen molar-refractivity contribution in [3.63, 3.8) is 0 Å². The molecule has 2 aromatic carbocycles. The number of hydrogen-bond donors (Lipinski definition) is 1. The van der Waals surface area contributed by atoms with Crippen molar-refractivity contribution in [2.24, 2.45) is 0 Å². The van der Waals surface area contributed by atoms with Crippen molar-refractivity contribution in [2.45, 2.75) is 12.8 Å². The average Bonchev–Trinajstić information content (AvgIpc) is 3.16. The van der Waals surface area contributed by atoms with Crippen LogP contribution in [0.4, 0.5) is 0 Å². The first-order valence-corrected chi connectivity index (χ1v) is 8.87. The Labute approximate surface area is 147 Å². The Morgan fingerprint density at radius 2 is 1.76 bits per heavy atom. The van der Waals surface area contributed by atoms with Gasteiger partial charge >= 0.3 is 0 Å². The van der Waals surface area contributed by atoms with Crippen LogP contribution in [-0.4, -0.2) is 36.1 Å². The highest BCUT2D eigenvalue weighted by molar-refractivity contribution is 5.99. The van der Waals surface area contributed by atoms with Crippen LogP contribution in [0.3, 0.4) is 0 Å². The number of nitrogens with one attached hydrogen (secondary N) is 1. The SMILES string of the molecule is O=c1ccc(-c2ccc(OCCN3CCCC3)c3ccccc23)c[nH]1. The third-order valence-corrected chi connectivity index (χ3v) is 4.84. The zero-order valence-corrected chi connectivity index (χ0v) is 14.2. The van der Waals surface area contributed by atoms with Gasteiger partial charge in [0.25, 0.3) is 0 Å². The molecule has 0 spiro atoms. The summed E-state index contributed by atoms with van der Waals surface area (Å²) < 4.78 is 6.09. The number of aromatic nitrogens is 1.